The van der Waals surface area contributed by atoms with Gasteiger partial charge in [-0.2, -0.15) is 0 Å². The van der Waals surface area contributed by atoms with E-state index in [9.17, 15) is 14.9 Å². The number of aliphatic imine (C=N–C) groups is 1. The van der Waals surface area contributed by atoms with Gasteiger partial charge in [0.1, 0.15) is 0 Å². The minimum absolute atomic E-state index is 0.0370. The topological polar surface area (TPSA) is 84.6 Å². The number of aryl methyl sites for hydroxylation is 1. The van der Waals surface area contributed by atoms with Crippen LogP contribution in [-0.4, -0.2) is 21.2 Å². The van der Waals surface area contributed by atoms with Crippen molar-refractivity contribution >= 4 is 34.2 Å². The smallest absolute Gasteiger partial charge is 0.272 e. The Balaban J connectivity index is 1.77. The highest BCUT2D eigenvalue weighted by molar-refractivity contribution is 8.15. The SMILES string of the molecule is Cc1cccc(N=C2NC(=O)[C@@H](Cc3ccccc3[N+](=O)[O-])S2)c1. The molecule has 0 unspecified atom stereocenters. The second-order valence-corrected chi connectivity index (χ2v) is 6.63. The van der Waals surface area contributed by atoms with E-state index in [1.807, 2.05) is 31.2 Å². The van der Waals surface area contributed by atoms with Crippen molar-refractivity contribution in [2.24, 2.45) is 4.99 Å². The number of hydrogen-bond acceptors (Lipinski definition) is 5. The van der Waals surface area contributed by atoms with Crippen molar-refractivity contribution in [1.29, 1.82) is 0 Å². The van der Waals surface area contributed by atoms with Crippen molar-refractivity contribution in [1.82, 2.24) is 5.32 Å². The van der Waals surface area contributed by atoms with Gasteiger partial charge in [0.15, 0.2) is 5.17 Å². The first-order chi connectivity index (χ1) is 11.5. The first kappa shape index (κ1) is 16.2. The molecule has 1 aliphatic rings. The molecule has 3 rings (SSSR count). The molecule has 1 amide bonds. The average molecular weight is 341 g/mol. The van der Waals surface area contributed by atoms with Crippen LogP contribution in [0, 0.1) is 17.0 Å². The number of nitro groups is 1. The molecule has 2 aromatic rings. The number of amides is 1. The Morgan fingerprint density at radius 2 is 2.04 bits per heavy atom. The number of rotatable bonds is 4. The Morgan fingerprint density at radius 3 is 2.79 bits per heavy atom. The first-order valence-corrected chi connectivity index (χ1v) is 8.26. The summed E-state index contributed by atoms with van der Waals surface area (Å²) in [5.74, 6) is -0.176. The summed E-state index contributed by atoms with van der Waals surface area (Å²) in [5.41, 5.74) is 2.44. The number of thioether (sulfide) groups is 1. The summed E-state index contributed by atoms with van der Waals surface area (Å²) in [6.45, 7) is 1.97. The molecule has 6 nitrogen and oxygen atoms in total. The van der Waals surface area contributed by atoms with Gasteiger partial charge in [0.25, 0.3) is 5.69 Å². The van der Waals surface area contributed by atoms with Crippen molar-refractivity contribution in [3.05, 3.63) is 69.8 Å². The summed E-state index contributed by atoms with van der Waals surface area (Å²) < 4.78 is 0. The summed E-state index contributed by atoms with van der Waals surface area (Å²) in [6.07, 6.45) is 0.292. The van der Waals surface area contributed by atoms with E-state index in [0.717, 1.165) is 11.3 Å². The molecule has 1 N–H and O–H groups in total. The zero-order chi connectivity index (χ0) is 17.1. The Morgan fingerprint density at radius 1 is 1.25 bits per heavy atom. The van der Waals surface area contributed by atoms with Crippen LogP contribution >= 0.6 is 11.8 Å². The summed E-state index contributed by atoms with van der Waals surface area (Å²) in [5, 5.41) is 13.9. The maximum Gasteiger partial charge on any atom is 0.272 e. The summed E-state index contributed by atoms with van der Waals surface area (Å²) in [4.78, 5) is 27.2. The average Bonchev–Trinajstić information content (AvgIpc) is 2.87. The number of para-hydroxylation sites is 1. The lowest BCUT2D eigenvalue weighted by Crippen LogP contribution is -2.26. The normalized spacial score (nSPS) is 18.6. The molecule has 1 atom stereocenters. The Kier molecular flexibility index (Phi) is 4.61. The second-order valence-electron chi connectivity index (χ2n) is 5.44. The molecule has 0 spiro atoms. The molecule has 1 fully saturated rings. The highest BCUT2D eigenvalue weighted by Crippen LogP contribution is 2.28. The van der Waals surface area contributed by atoms with Gasteiger partial charge in [-0.1, -0.05) is 42.1 Å². The van der Waals surface area contributed by atoms with Crippen LogP contribution in [0.3, 0.4) is 0 Å². The number of carbonyl (C=O) groups excluding carboxylic acids is 1. The summed E-state index contributed by atoms with van der Waals surface area (Å²) in [7, 11) is 0. The monoisotopic (exact) mass is 341 g/mol. The van der Waals surface area contributed by atoms with Crippen LogP contribution in [0.15, 0.2) is 53.5 Å². The standard InChI is InChI=1S/C17H15N3O3S/c1-11-5-4-7-13(9-11)18-17-19-16(21)15(24-17)10-12-6-2-3-8-14(12)20(22)23/h2-9,15H,10H2,1H3,(H,18,19,21)/t15-/m1/s1. The highest BCUT2D eigenvalue weighted by atomic mass is 32.2. The zero-order valence-electron chi connectivity index (χ0n) is 12.9. The molecule has 0 saturated carbocycles. The Hall–Kier alpha value is -2.67. The molecule has 0 aliphatic carbocycles. The van der Waals surface area contributed by atoms with Crippen LogP contribution in [0.2, 0.25) is 0 Å². The zero-order valence-corrected chi connectivity index (χ0v) is 13.7. The second kappa shape index (κ2) is 6.84. The fourth-order valence-electron chi connectivity index (χ4n) is 2.47. The van der Waals surface area contributed by atoms with E-state index >= 15 is 0 Å². The predicted octanol–water partition coefficient (Wildman–Crippen LogP) is 3.37. The van der Waals surface area contributed by atoms with E-state index in [2.05, 4.69) is 10.3 Å². The van der Waals surface area contributed by atoms with Crippen LogP contribution in [0.4, 0.5) is 11.4 Å². The lowest BCUT2D eigenvalue weighted by molar-refractivity contribution is -0.385. The van der Waals surface area contributed by atoms with Crippen LogP contribution in [0.5, 0.6) is 0 Å². The third kappa shape index (κ3) is 3.62. The molecule has 0 aromatic heterocycles. The van der Waals surface area contributed by atoms with Crippen LogP contribution in [-0.2, 0) is 11.2 Å². The predicted molar refractivity (Wildman–Crippen MR) is 94.6 cm³/mol. The molecule has 1 aliphatic heterocycles. The largest absolute Gasteiger partial charge is 0.304 e. The van der Waals surface area contributed by atoms with Crippen molar-refractivity contribution in [2.75, 3.05) is 0 Å². The highest BCUT2D eigenvalue weighted by Gasteiger charge is 2.32. The molecule has 2 aromatic carbocycles. The van der Waals surface area contributed by atoms with Gasteiger partial charge in [-0.25, -0.2) is 4.99 Å². The molecule has 1 heterocycles. The van der Waals surface area contributed by atoms with Gasteiger partial charge in [0, 0.05) is 18.1 Å². The third-order valence-electron chi connectivity index (χ3n) is 3.60. The molecular formula is C17H15N3O3S. The van der Waals surface area contributed by atoms with Crippen molar-refractivity contribution in [3.8, 4) is 0 Å². The number of benzene rings is 2. The maximum atomic E-state index is 12.1. The van der Waals surface area contributed by atoms with E-state index < -0.39 is 10.2 Å². The Bertz CT molecular complexity index is 835. The molecule has 122 valence electrons. The first-order valence-electron chi connectivity index (χ1n) is 7.38. The number of nitrogens with zero attached hydrogens (tertiary/aromatic N) is 2. The van der Waals surface area contributed by atoms with Gasteiger partial charge >= 0.3 is 0 Å². The minimum Gasteiger partial charge on any atom is -0.304 e. The molecule has 1 saturated heterocycles. The number of carbonyl (C=O) groups is 1. The van der Waals surface area contributed by atoms with E-state index in [1.165, 1.54) is 17.8 Å². The van der Waals surface area contributed by atoms with Crippen molar-refractivity contribution < 1.29 is 9.72 Å². The van der Waals surface area contributed by atoms with Crippen molar-refractivity contribution in [3.63, 3.8) is 0 Å². The number of nitro benzene ring substituents is 1. The van der Waals surface area contributed by atoms with Crippen LogP contribution < -0.4 is 5.32 Å². The Labute approximate surface area is 143 Å². The number of hydrogen-bond donors (Lipinski definition) is 1. The van der Waals surface area contributed by atoms with Gasteiger partial charge < -0.3 is 5.32 Å². The van der Waals surface area contributed by atoms with Gasteiger partial charge in [0.2, 0.25) is 5.91 Å². The number of nitrogens with one attached hydrogen (secondary N) is 1. The van der Waals surface area contributed by atoms with Gasteiger partial charge in [-0.3, -0.25) is 14.9 Å². The molecular weight excluding hydrogens is 326 g/mol. The van der Waals surface area contributed by atoms with Gasteiger partial charge in [0.05, 0.1) is 15.9 Å². The lowest BCUT2D eigenvalue weighted by atomic mass is 10.1. The summed E-state index contributed by atoms with van der Waals surface area (Å²) >= 11 is 1.30. The molecule has 7 heteroatoms. The summed E-state index contributed by atoms with van der Waals surface area (Å²) in [6, 6.07) is 14.2. The van der Waals surface area contributed by atoms with Gasteiger partial charge in [-0.15, -0.1) is 0 Å². The van der Waals surface area contributed by atoms with Crippen LogP contribution in [0.1, 0.15) is 11.1 Å². The van der Waals surface area contributed by atoms with Gasteiger partial charge in [-0.05, 0) is 24.6 Å². The van der Waals surface area contributed by atoms with E-state index in [1.54, 1.807) is 18.2 Å². The van der Waals surface area contributed by atoms with E-state index in [0.29, 0.717) is 17.2 Å². The fourth-order valence-corrected chi connectivity index (χ4v) is 3.48. The number of amidine groups is 1. The van der Waals surface area contributed by atoms with E-state index in [-0.39, 0.29) is 11.6 Å². The van der Waals surface area contributed by atoms with E-state index in [4.69, 9.17) is 0 Å². The molecule has 24 heavy (non-hydrogen) atoms. The maximum absolute atomic E-state index is 12.1. The quantitative estimate of drug-likeness (QED) is 0.682. The molecule has 0 bridgehead atoms. The third-order valence-corrected chi connectivity index (χ3v) is 4.68. The van der Waals surface area contributed by atoms with Crippen molar-refractivity contribution in [2.45, 2.75) is 18.6 Å². The fraction of sp³-hybridized carbons (Fsp3) is 0.176. The molecule has 0 radical (unpaired) electrons. The lowest BCUT2D eigenvalue weighted by Gasteiger charge is -2.05. The van der Waals surface area contributed by atoms with Crippen LogP contribution in [0.25, 0.3) is 0 Å². The minimum atomic E-state index is -0.422.